The smallest absolute Gasteiger partial charge is 0.352 e. The third kappa shape index (κ3) is 2.40. The first-order valence-corrected chi connectivity index (χ1v) is 7.46. The van der Waals surface area contributed by atoms with E-state index < -0.39 is 5.97 Å². The highest BCUT2D eigenvalue weighted by atomic mass is 32.1. The monoisotopic (exact) mass is 292 g/mol. The molecular weight excluding hydrogens is 276 g/mol. The third-order valence-corrected chi connectivity index (χ3v) is 4.62. The van der Waals surface area contributed by atoms with Crippen LogP contribution in [-0.4, -0.2) is 38.9 Å². The van der Waals surface area contributed by atoms with Crippen LogP contribution in [-0.2, 0) is 0 Å². The van der Waals surface area contributed by atoms with Crippen LogP contribution in [0, 0.1) is 5.92 Å². The van der Waals surface area contributed by atoms with Crippen molar-refractivity contribution >= 4 is 22.4 Å². The fourth-order valence-corrected chi connectivity index (χ4v) is 3.25. The summed E-state index contributed by atoms with van der Waals surface area (Å²) in [6.07, 6.45) is 4.03. The molecule has 0 amide bonds. The Kier molecular flexibility index (Phi) is 3.43. The summed E-state index contributed by atoms with van der Waals surface area (Å²) >= 11 is 1.43. The van der Waals surface area contributed by atoms with Crippen molar-refractivity contribution in [1.82, 2.24) is 14.8 Å². The van der Waals surface area contributed by atoms with Gasteiger partial charge in [0.15, 0.2) is 0 Å². The number of aromatic nitrogens is 3. The van der Waals surface area contributed by atoms with Crippen molar-refractivity contribution in [2.24, 2.45) is 5.92 Å². The minimum absolute atomic E-state index is 0.208. The lowest BCUT2D eigenvalue weighted by Gasteiger charge is -2.29. The molecule has 106 valence electrons. The van der Waals surface area contributed by atoms with Crippen LogP contribution in [0.4, 0.5) is 5.13 Å². The number of anilines is 1. The maximum absolute atomic E-state index is 11.1. The number of hydrogen-bond acceptors (Lipinski definition) is 5. The van der Waals surface area contributed by atoms with E-state index in [0.717, 1.165) is 24.1 Å². The van der Waals surface area contributed by atoms with Crippen molar-refractivity contribution in [2.45, 2.75) is 19.8 Å². The Morgan fingerprint density at radius 2 is 2.05 bits per heavy atom. The van der Waals surface area contributed by atoms with E-state index in [9.17, 15) is 4.79 Å². The summed E-state index contributed by atoms with van der Waals surface area (Å²) in [7, 11) is 0. The maximum Gasteiger partial charge on any atom is 0.352 e. The molecule has 7 heteroatoms. The second kappa shape index (κ2) is 5.24. The van der Waals surface area contributed by atoms with Crippen molar-refractivity contribution < 1.29 is 9.90 Å². The molecule has 2 aromatic rings. The van der Waals surface area contributed by atoms with Crippen LogP contribution in [0.15, 0.2) is 18.3 Å². The predicted octanol–water partition coefficient (Wildman–Crippen LogP) is 2.26. The van der Waals surface area contributed by atoms with E-state index in [-0.39, 0.29) is 5.69 Å². The zero-order chi connectivity index (χ0) is 14.1. The van der Waals surface area contributed by atoms with Crippen molar-refractivity contribution in [2.75, 3.05) is 18.0 Å². The van der Waals surface area contributed by atoms with E-state index in [0.29, 0.717) is 5.13 Å². The molecule has 20 heavy (non-hydrogen) atoms. The zero-order valence-corrected chi connectivity index (χ0v) is 12.0. The molecular formula is C13H16N4O2S. The van der Waals surface area contributed by atoms with Crippen LogP contribution in [0.1, 0.15) is 30.3 Å². The number of aromatic carboxylic acids is 1. The number of carboxylic acids is 1. The van der Waals surface area contributed by atoms with Gasteiger partial charge in [0.25, 0.3) is 0 Å². The Hall–Kier alpha value is -1.89. The van der Waals surface area contributed by atoms with Crippen LogP contribution in [0.25, 0.3) is 5.13 Å². The van der Waals surface area contributed by atoms with Gasteiger partial charge in [-0.2, -0.15) is 0 Å². The molecule has 0 unspecified atom stereocenters. The van der Waals surface area contributed by atoms with Gasteiger partial charge in [-0.1, -0.05) is 18.3 Å². The van der Waals surface area contributed by atoms with Crippen molar-refractivity contribution in [3.63, 3.8) is 0 Å². The quantitative estimate of drug-likeness (QED) is 0.939. The molecule has 0 bridgehead atoms. The summed E-state index contributed by atoms with van der Waals surface area (Å²) in [6.45, 7) is 4.25. The topological polar surface area (TPSA) is 71.2 Å². The minimum Gasteiger partial charge on any atom is -0.477 e. The first-order valence-electron chi connectivity index (χ1n) is 6.64. The van der Waals surface area contributed by atoms with Crippen LogP contribution in [0.2, 0.25) is 0 Å². The normalized spacial score (nSPS) is 16.6. The van der Waals surface area contributed by atoms with Gasteiger partial charge in [0.2, 0.25) is 10.3 Å². The number of rotatable bonds is 3. The maximum atomic E-state index is 11.1. The van der Waals surface area contributed by atoms with Crippen LogP contribution >= 0.6 is 11.3 Å². The lowest BCUT2D eigenvalue weighted by molar-refractivity contribution is 0.0688. The standard InChI is InChI=1S/C13H16N4O2S/c1-9-4-7-16(8-5-9)12-14-15-13(20-12)17-6-2-3-10(17)11(18)19/h2-3,6,9H,4-5,7-8H2,1H3,(H,18,19). The number of carbonyl (C=O) groups is 1. The molecule has 1 N–H and O–H groups in total. The van der Waals surface area contributed by atoms with Crippen LogP contribution in [0.3, 0.4) is 0 Å². The number of piperidine rings is 1. The van der Waals surface area contributed by atoms with Crippen LogP contribution in [0.5, 0.6) is 0 Å². The average Bonchev–Trinajstić information content (AvgIpc) is 3.08. The molecule has 3 heterocycles. The van der Waals surface area contributed by atoms with Gasteiger partial charge in [-0.3, -0.25) is 4.57 Å². The number of hydrogen-bond donors (Lipinski definition) is 1. The van der Waals surface area contributed by atoms with Gasteiger partial charge in [-0.05, 0) is 30.9 Å². The van der Waals surface area contributed by atoms with Crippen molar-refractivity contribution in [1.29, 1.82) is 0 Å². The number of carboxylic acid groups (broad SMARTS) is 1. The van der Waals surface area contributed by atoms with E-state index in [2.05, 4.69) is 22.0 Å². The lowest BCUT2D eigenvalue weighted by Crippen LogP contribution is -2.32. The molecule has 1 saturated heterocycles. The Bertz CT molecular complexity index is 613. The summed E-state index contributed by atoms with van der Waals surface area (Å²) in [4.78, 5) is 13.4. The number of nitrogens with zero attached hydrogens (tertiary/aromatic N) is 4. The van der Waals surface area contributed by atoms with Gasteiger partial charge < -0.3 is 10.0 Å². The highest BCUT2D eigenvalue weighted by Crippen LogP contribution is 2.28. The lowest BCUT2D eigenvalue weighted by atomic mass is 10.00. The molecule has 0 radical (unpaired) electrons. The summed E-state index contributed by atoms with van der Waals surface area (Å²) in [5.74, 6) is -0.194. The molecule has 0 aromatic carbocycles. The summed E-state index contributed by atoms with van der Waals surface area (Å²) in [5.41, 5.74) is 0.208. The molecule has 1 fully saturated rings. The zero-order valence-electron chi connectivity index (χ0n) is 11.2. The van der Waals surface area contributed by atoms with E-state index in [1.54, 1.807) is 22.9 Å². The van der Waals surface area contributed by atoms with Crippen LogP contribution < -0.4 is 4.90 Å². The summed E-state index contributed by atoms with van der Waals surface area (Å²) in [6, 6.07) is 3.26. The summed E-state index contributed by atoms with van der Waals surface area (Å²) < 4.78 is 1.57. The molecule has 0 saturated carbocycles. The highest BCUT2D eigenvalue weighted by molar-refractivity contribution is 7.17. The van der Waals surface area contributed by atoms with Gasteiger partial charge in [-0.15, -0.1) is 10.2 Å². The SMILES string of the molecule is CC1CCN(c2nnc(-n3cccc3C(=O)O)s2)CC1. The van der Waals surface area contributed by atoms with E-state index >= 15 is 0 Å². The van der Waals surface area contributed by atoms with E-state index in [4.69, 9.17) is 5.11 Å². The fourth-order valence-electron chi connectivity index (χ4n) is 2.36. The third-order valence-electron chi connectivity index (χ3n) is 3.63. The van der Waals surface area contributed by atoms with Gasteiger partial charge in [0.1, 0.15) is 5.69 Å². The van der Waals surface area contributed by atoms with Crippen molar-refractivity contribution in [3.8, 4) is 5.13 Å². The largest absolute Gasteiger partial charge is 0.477 e. The predicted molar refractivity (Wildman–Crippen MR) is 76.8 cm³/mol. The minimum atomic E-state index is -0.960. The Labute approximate surface area is 120 Å². The van der Waals surface area contributed by atoms with E-state index in [1.807, 2.05) is 0 Å². The molecule has 1 aliphatic rings. The molecule has 3 rings (SSSR count). The average molecular weight is 292 g/mol. The molecule has 0 atom stereocenters. The fraction of sp³-hybridized carbons (Fsp3) is 0.462. The summed E-state index contributed by atoms with van der Waals surface area (Å²) in [5, 5.41) is 18.9. The van der Waals surface area contributed by atoms with Gasteiger partial charge in [-0.25, -0.2) is 4.79 Å². The molecule has 1 aliphatic heterocycles. The van der Waals surface area contributed by atoms with Crippen molar-refractivity contribution in [3.05, 3.63) is 24.0 Å². The first-order chi connectivity index (χ1) is 9.65. The Morgan fingerprint density at radius 3 is 2.75 bits per heavy atom. The second-order valence-corrected chi connectivity index (χ2v) is 6.04. The van der Waals surface area contributed by atoms with E-state index in [1.165, 1.54) is 24.2 Å². The molecule has 6 nitrogen and oxygen atoms in total. The second-order valence-electron chi connectivity index (χ2n) is 5.11. The molecule has 0 spiro atoms. The Balaban J connectivity index is 1.83. The highest BCUT2D eigenvalue weighted by Gasteiger charge is 2.20. The molecule has 2 aromatic heterocycles. The van der Waals surface area contributed by atoms with Gasteiger partial charge >= 0.3 is 5.97 Å². The first kappa shape index (κ1) is 13.1. The van der Waals surface area contributed by atoms with Gasteiger partial charge in [0, 0.05) is 19.3 Å². The van der Waals surface area contributed by atoms with Gasteiger partial charge in [0.05, 0.1) is 0 Å². The Morgan fingerprint density at radius 1 is 1.35 bits per heavy atom. The molecule has 0 aliphatic carbocycles.